The Labute approximate surface area is 139 Å². The van der Waals surface area contributed by atoms with Gasteiger partial charge in [-0.25, -0.2) is 8.78 Å². The molecule has 0 unspecified atom stereocenters. The van der Waals surface area contributed by atoms with Crippen molar-refractivity contribution in [2.24, 2.45) is 0 Å². The second-order valence-corrected chi connectivity index (χ2v) is 5.74. The number of amides is 1. The first-order chi connectivity index (χ1) is 11.6. The molecule has 1 heterocycles. The van der Waals surface area contributed by atoms with Gasteiger partial charge >= 0.3 is 0 Å². The molecule has 1 amide bonds. The van der Waals surface area contributed by atoms with Crippen LogP contribution in [0.2, 0.25) is 0 Å². The summed E-state index contributed by atoms with van der Waals surface area (Å²) in [5, 5.41) is 5.19. The van der Waals surface area contributed by atoms with Crippen LogP contribution in [0.5, 0.6) is 0 Å². The Morgan fingerprint density at radius 3 is 2.25 bits per heavy atom. The van der Waals surface area contributed by atoms with Gasteiger partial charge in [-0.05, 0) is 49.2 Å². The van der Waals surface area contributed by atoms with Crippen LogP contribution in [0.1, 0.15) is 12.8 Å². The summed E-state index contributed by atoms with van der Waals surface area (Å²) in [5.41, 5.74) is 1.52. The van der Waals surface area contributed by atoms with E-state index in [-0.39, 0.29) is 6.54 Å². The normalized spacial score (nSPS) is 13.8. The van der Waals surface area contributed by atoms with Crippen molar-refractivity contribution >= 4 is 23.0 Å². The third-order valence-corrected chi connectivity index (χ3v) is 4.02. The molecule has 1 saturated heterocycles. The SMILES string of the molecule is O=C(CNc1ccc(N2CCCC2)cc1)Nc1c(F)cccc1F. The van der Waals surface area contributed by atoms with Crippen molar-refractivity contribution in [1.29, 1.82) is 0 Å². The molecule has 0 aromatic heterocycles. The molecule has 0 spiro atoms. The summed E-state index contributed by atoms with van der Waals surface area (Å²) in [4.78, 5) is 14.2. The van der Waals surface area contributed by atoms with Crippen molar-refractivity contribution in [1.82, 2.24) is 0 Å². The number of benzene rings is 2. The highest BCUT2D eigenvalue weighted by molar-refractivity contribution is 5.94. The van der Waals surface area contributed by atoms with E-state index in [1.165, 1.54) is 18.9 Å². The average molecular weight is 331 g/mol. The lowest BCUT2D eigenvalue weighted by atomic mass is 10.2. The Balaban J connectivity index is 1.54. The van der Waals surface area contributed by atoms with E-state index in [0.29, 0.717) is 0 Å². The number of hydrogen-bond acceptors (Lipinski definition) is 3. The van der Waals surface area contributed by atoms with Crippen molar-refractivity contribution in [3.8, 4) is 0 Å². The van der Waals surface area contributed by atoms with Crippen molar-refractivity contribution in [2.75, 3.05) is 35.2 Å². The van der Waals surface area contributed by atoms with E-state index in [1.54, 1.807) is 0 Å². The van der Waals surface area contributed by atoms with Crippen LogP contribution in [0.3, 0.4) is 0 Å². The van der Waals surface area contributed by atoms with Crippen LogP contribution in [0.15, 0.2) is 42.5 Å². The Kier molecular flexibility index (Phi) is 4.93. The summed E-state index contributed by atoms with van der Waals surface area (Å²) in [5.74, 6) is -2.10. The number of nitrogens with zero attached hydrogens (tertiary/aromatic N) is 1. The van der Waals surface area contributed by atoms with E-state index >= 15 is 0 Å². The summed E-state index contributed by atoms with van der Waals surface area (Å²) in [6.07, 6.45) is 2.43. The van der Waals surface area contributed by atoms with Gasteiger partial charge in [0.2, 0.25) is 5.91 Å². The molecule has 24 heavy (non-hydrogen) atoms. The number of rotatable bonds is 5. The van der Waals surface area contributed by atoms with Crippen LogP contribution < -0.4 is 15.5 Å². The third kappa shape index (κ3) is 3.82. The fourth-order valence-electron chi connectivity index (χ4n) is 2.75. The first kappa shape index (κ1) is 16.2. The van der Waals surface area contributed by atoms with Crippen molar-refractivity contribution in [2.45, 2.75) is 12.8 Å². The van der Waals surface area contributed by atoms with Crippen molar-refractivity contribution in [3.05, 3.63) is 54.1 Å². The lowest BCUT2D eigenvalue weighted by Gasteiger charge is -2.18. The van der Waals surface area contributed by atoms with Crippen LogP contribution in [-0.4, -0.2) is 25.5 Å². The maximum absolute atomic E-state index is 13.5. The molecule has 0 aliphatic carbocycles. The van der Waals surface area contributed by atoms with E-state index in [4.69, 9.17) is 0 Å². The van der Waals surface area contributed by atoms with E-state index in [1.807, 2.05) is 24.3 Å². The van der Waals surface area contributed by atoms with Gasteiger partial charge in [0, 0.05) is 24.5 Å². The quantitative estimate of drug-likeness (QED) is 0.880. The smallest absolute Gasteiger partial charge is 0.243 e. The molecule has 126 valence electrons. The predicted molar refractivity (Wildman–Crippen MR) is 91.4 cm³/mol. The Morgan fingerprint density at radius 1 is 1.00 bits per heavy atom. The highest BCUT2D eigenvalue weighted by Crippen LogP contribution is 2.22. The van der Waals surface area contributed by atoms with Gasteiger partial charge in [0.15, 0.2) is 0 Å². The molecule has 2 N–H and O–H groups in total. The molecular formula is C18H19F2N3O. The predicted octanol–water partition coefficient (Wildman–Crippen LogP) is 3.62. The number of carbonyl (C=O) groups is 1. The Morgan fingerprint density at radius 2 is 1.62 bits per heavy atom. The summed E-state index contributed by atoms with van der Waals surface area (Å²) >= 11 is 0. The van der Waals surface area contributed by atoms with Crippen molar-refractivity contribution in [3.63, 3.8) is 0 Å². The van der Waals surface area contributed by atoms with E-state index in [0.717, 1.165) is 36.6 Å². The molecule has 0 radical (unpaired) electrons. The summed E-state index contributed by atoms with van der Waals surface area (Å²) < 4.78 is 27.0. The molecule has 6 heteroatoms. The average Bonchev–Trinajstić information content (AvgIpc) is 3.11. The van der Waals surface area contributed by atoms with Gasteiger partial charge in [0.25, 0.3) is 0 Å². The van der Waals surface area contributed by atoms with Gasteiger partial charge in [-0.3, -0.25) is 4.79 Å². The molecule has 0 atom stereocenters. The molecule has 2 aromatic carbocycles. The fraction of sp³-hybridized carbons (Fsp3) is 0.278. The first-order valence-corrected chi connectivity index (χ1v) is 7.96. The zero-order valence-electron chi connectivity index (χ0n) is 13.2. The van der Waals surface area contributed by atoms with Crippen LogP contribution in [-0.2, 0) is 4.79 Å². The maximum Gasteiger partial charge on any atom is 0.243 e. The van der Waals surface area contributed by atoms with E-state index < -0.39 is 23.2 Å². The molecule has 0 bridgehead atoms. The lowest BCUT2D eigenvalue weighted by molar-refractivity contribution is -0.114. The lowest BCUT2D eigenvalue weighted by Crippen LogP contribution is -2.23. The van der Waals surface area contributed by atoms with Crippen molar-refractivity contribution < 1.29 is 13.6 Å². The van der Waals surface area contributed by atoms with Crippen LogP contribution >= 0.6 is 0 Å². The monoisotopic (exact) mass is 331 g/mol. The number of hydrogen-bond donors (Lipinski definition) is 2. The van der Waals surface area contributed by atoms with Gasteiger partial charge in [0.1, 0.15) is 17.3 Å². The second kappa shape index (κ2) is 7.29. The van der Waals surface area contributed by atoms with E-state index in [2.05, 4.69) is 15.5 Å². The number of nitrogens with one attached hydrogen (secondary N) is 2. The molecule has 3 rings (SSSR count). The van der Waals surface area contributed by atoms with Gasteiger partial charge in [-0.2, -0.15) is 0 Å². The minimum Gasteiger partial charge on any atom is -0.376 e. The molecule has 2 aromatic rings. The van der Waals surface area contributed by atoms with Crippen LogP contribution in [0, 0.1) is 11.6 Å². The maximum atomic E-state index is 13.5. The minimum atomic E-state index is -0.793. The van der Waals surface area contributed by atoms with Crippen LogP contribution in [0.25, 0.3) is 0 Å². The minimum absolute atomic E-state index is 0.0726. The van der Waals surface area contributed by atoms with E-state index in [9.17, 15) is 13.6 Å². The summed E-state index contributed by atoms with van der Waals surface area (Å²) in [6, 6.07) is 11.2. The molecule has 4 nitrogen and oxygen atoms in total. The zero-order chi connectivity index (χ0) is 16.9. The number of para-hydroxylation sites is 1. The highest BCUT2D eigenvalue weighted by atomic mass is 19.1. The second-order valence-electron chi connectivity index (χ2n) is 5.74. The standard InChI is InChI=1S/C18H19F2N3O/c19-15-4-3-5-16(20)18(15)22-17(24)12-21-13-6-8-14(9-7-13)23-10-1-2-11-23/h3-9,21H,1-2,10-12H2,(H,22,24). The Bertz CT molecular complexity index is 692. The molecular weight excluding hydrogens is 312 g/mol. The Hall–Kier alpha value is -2.63. The first-order valence-electron chi connectivity index (χ1n) is 7.96. The fourth-order valence-corrected chi connectivity index (χ4v) is 2.75. The van der Waals surface area contributed by atoms with Gasteiger partial charge < -0.3 is 15.5 Å². The molecule has 0 saturated carbocycles. The number of halogens is 2. The topological polar surface area (TPSA) is 44.4 Å². The largest absolute Gasteiger partial charge is 0.376 e. The molecule has 1 aliphatic rings. The summed E-state index contributed by atoms with van der Waals surface area (Å²) in [7, 11) is 0. The highest BCUT2D eigenvalue weighted by Gasteiger charge is 2.13. The molecule has 1 fully saturated rings. The van der Waals surface area contributed by atoms with Gasteiger partial charge in [0.05, 0.1) is 6.54 Å². The van der Waals surface area contributed by atoms with Gasteiger partial charge in [-0.1, -0.05) is 6.07 Å². The summed E-state index contributed by atoms with van der Waals surface area (Å²) in [6.45, 7) is 2.07. The number of anilines is 3. The molecule has 1 aliphatic heterocycles. The van der Waals surface area contributed by atoms with Gasteiger partial charge in [-0.15, -0.1) is 0 Å². The van der Waals surface area contributed by atoms with Crippen LogP contribution in [0.4, 0.5) is 25.8 Å². The zero-order valence-corrected chi connectivity index (χ0v) is 13.2. The third-order valence-electron chi connectivity index (χ3n) is 4.02. The number of carbonyl (C=O) groups excluding carboxylic acids is 1.